The Labute approximate surface area is 118 Å². The van der Waals surface area contributed by atoms with Crippen LogP contribution in [-0.4, -0.2) is 23.7 Å². The third kappa shape index (κ3) is 2.72. The van der Waals surface area contributed by atoms with Gasteiger partial charge in [0.15, 0.2) is 0 Å². The molecule has 1 heterocycles. The summed E-state index contributed by atoms with van der Waals surface area (Å²) in [5, 5.41) is 0. The first kappa shape index (κ1) is 14.6. The minimum atomic E-state index is -4.47. The van der Waals surface area contributed by atoms with Crippen LogP contribution in [0.3, 0.4) is 0 Å². The van der Waals surface area contributed by atoms with Crippen LogP contribution >= 0.6 is 12.2 Å². The van der Waals surface area contributed by atoms with E-state index < -0.39 is 23.6 Å². The van der Waals surface area contributed by atoms with Gasteiger partial charge in [-0.15, -0.1) is 0 Å². The van der Waals surface area contributed by atoms with Crippen molar-refractivity contribution >= 4 is 35.0 Å². The topological polar surface area (TPSA) is 38.7 Å². The van der Waals surface area contributed by atoms with Crippen LogP contribution < -0.4 is 0 Å². The summed E-state index contributed by atoms with van der Waals surface area (Å²) < 4.78 is 42.9. The lowest BCUT2D eigenvalue weighted by atomic mass is 9.94. The summed E-state index contributed by atoms with van der Waals surface area (Å²) in [5.41, 5.74) is -0.350. The Hall–Kier alpha value is -1.76. The number of nitrogens with zero attached hydrogens (tertiary/aromatic N) is 1. The lowest BCUT2D eigenvalue weighted by Crippen LogP contribution is -2.29. The van der Waals surface area contributed by atoms with Gasteiger partial charge in [-0.2, -0.15) is 13.2 Å². The lowest BCUT2D eigenvalue weighted by Gasteiger charge is -2.19. The van der Waals surface area contributed by atoms with Crippen molar-refractivity contribution in [2.75, 3.05) is 6.61 Å². The molecule has 1 aliphatic rings. The summed E-state index contributed by atoms with van der Waals surface area (Å²) in [5.74, 6) is -1.52. The largest absolute Gasteiger partial charge is 0.465 e. The molecule has 1 aromatic carbocycles. The molecule has 3 nitrogen and oxygen atoms in total. The number of alkyl halides is 3. The fourth-order valence-corrected chi connectivity index (χ4v) is 2.13. The Bertz CT molecular complexity index is 596. The number of aliphatic imine (C=N–C) groups is 1. The number of thiocarbonyl (C=S) groups is 1. The summed E-state index contributed by atoms with van der Waals surface area (Å²) in [7, 11) is 0. The fourth-order valence-electron chi connectivity index (χ4n) is 1.81. The van der Waals surface area contributed by atoms with E-state index >= 15 is 0 Å². The molecule has 106 valence electrons. The van der Waals surface area contributed by atoms with Gasteiger partial charge < -0.3 is 4.74 Å². The molecule has 1 atom stereocenters. The molecular formula is C13H10F3NO2S. The van der Waals surface area contributed by atoms with Gasteiger partial charge in [0.05, 0.1) is 17.9 Å². The monoisotopic (exact) mass is 301 g/mol. The number of hydrogen-bond acceptors (Lipinski definition) is 4. The SMILES string of the molecule is CCOC(=O)C1C=Nc2ccc(C(F)(F)F)cc2C1=S. The van der Waals surface area contributed by atoms with Crippen LogP contribution in [0, 0.1) is 5.92 Å². The van der Waals surface area contributed by atoms with Crippen molar-refractivity contribution in [3.05, 3.63) is 29.3 Å². The van der Waals surface area contributed by atoms with E-state index in [0.29, 0.717) is 5.69 Å². The van der Waals surface area contributed by atoms with Crippen LogP contribution in [0.1, 0.15) is 18.1 Å². The number of rotatable bonds is 2. The maximum atomic E-state index is 12.7. The zero-order chi connectivity index (χ0) is 14.9. The molecule has 0 aliphatic carbocycles. The number of fused-ring (bicyclic) bond motifs is 1. The molecular weight excluding hydrogens is 291 g/mol. The van der Waals surface area contributed by atoms with Gasteiger partial charge in [0.2, 0.25) is 0 Å². The highest BCUT2D eigenvalue weighted by atomic mass is 32.1. The average Bonchev–Trinajstić information content (AvgIpc) is 2.38. The fraction of sp³-hybridized carbons (Fsp3) is 0.308. The third-order valence-corrected chi connectivity index (χ3v) is 3.25. The van der Waals surface area contributed by atoms with E-state index in [2.05, 4.69) is 4.99 Å². The predicted molar refractivity (Wildman–Crippen MR) is 71.4 cm³/mol. The van der Waals surface area contributed by atoms with Gasteiger partial charge in [0.1, 0.15) is 5.92 Å². The summed E-state index contributed by atoms with van der Waals surface area (Å²) in [6, 6.07) is 3.09. The third-order valence-electron chi connectivity index (χ3n) is 2.78. The van der Waals surface area contributed by atoms with Crippen molar-refractivity contribution < 1.29 is 22.7 Å². The number of carbonyl (C=O) groups is 1. The maximum absolute atomic E-state index is 12.7. The van der Waals surface area contributed by atoms with E-state index in [1.807, 2.05) is 0 Å². The summed E-state index contributed by atoms with van der Waals surface area (Å²) >= 11 is 5.10. The second-order valence-corrected chi connectivity index (χ2v) is 4.54. The van der Waals surface area contributed by atoms with Crippen LogP contribution in [0.25, 0.3) is 0 Å². The highest BCUT2D eigenvalue weighted by Crippen LogP contribution is 2.35. The van der Waals surface area contributed by atoms with Gasteiger partial charge >= 0.3 is 12.1 Å². The molecule has 0 bridgehead atoms. The molecule has 1 aromatic rings. The minimum absolute atomic E-state index is 0.0968. The van der Waals surface area contributed by atoms with Crippen LogP contribution in [-0.2, 0) is 15.7 Å². The van der Waals surface area contributed by atoms with E-state index in [1.165, 1.54) is 12.3 Å². The zero-order valence-electron chi connectivity index (χ0n) is 10.4. The van der Waals surface area contributed by atoms with Crippen molar-refractivity contribution in [2.45, 2.75) is 13.1 Å². The van der Waals surface area contributed by atoms with Crippen LogP contribution in [0.4, 0.5) is 18.9 Å². The van der Waals surface area contributed by atoms with Crippen LogP contribution in [0.15, 0.2) is 23.2 Å². The Kier molecular flexibility index (Phi) is 3.89. The van der Waals surface area contributed by atoms with E-state index in [1.54, 1.807) is 6.92 Å². The average molecular weight is 301 g/mol. The molecule has 0 amide bonds. The smallest absolute Gasteiger partial charge is 0.416 e. The highest BCUT2D eigenvalue weighted by Gasteiger charge is 2.34. The predicted octanol–water partition coefficient (Wildman–Crippen LogP) is 3.32. The van der Waals surface area contributed by atoms with Gasteiger partial charge in [-0.25, -0.2) is 0 Å². The molecule has 0 fully saturated rings. The molecule has 1 aliphatic heterocycles. The quantitative estimate of drug-likeness (QED) is 0.621. The zero-order valence-corrected chi connectivity index (χ0v) is 11.2. The molecule has 20 heavy (non-hydrogen) atoms. The van der Waals surface area contributed by atoms with Gasteiger partial charge in [-0.05, 0) is 25.1 Å². The first-order valence-electron chi connectivity index (χ1n) is 5.81. The second-order valence-electron chi connectivity index (χ2n) is 4.10. The minimum Gasteiger partial charge on any atom is -0.465 e. The summed E-state index contributed by atoms with van der Waals surface area (Å²) in [4.78, 5) is 15.7. The molecule has 0 aromatic heterocycles. The molecule has 0 saturated carbocycles. The number of hydrogen-bond donors (Lipinski definition) is 0. The first-order valence-corrected chi connectivity index (χ1v) is 6.21. The van der Waals surface area contributed by atoms with Gasteiger partial charge in [0.25, 0.3) is 0 Å². The summed E-state index contributed by atoms with van der Waals surface area (Å²) in [6.07, 6.45) is -3.17. The Morgan fingerprint density at radius 3 is 2.75 bits per heavy atom. The van der Waals surface area contributed by atoms with E-state index in [4.69, 9.17) is 17.0 Å². The van der Waals surface area contributed by atoms with Crippen molar-refractivity contribution in [2.24, 2.45) is 10.9 Å². The molecule has 0 spiro atoms. The number of benzene rings is 1. The summed E-state index contributed by atoms with van der Waals surface area (Å²) in [6.45, 7) is 1.80. The second kappa shape index (κ2) is 5.32. The molecule has 0 saturated heterocycles. The Morgan fingerprint density at radius 1 is 1.45 bits per heavy atom. The molecule has 0 radical (unpaired) electrons. The normalized spacial score (nSPS) is 17.8. The van der Waals surface area contributed by atoms with E-state index in [0.717, 1.165) is 12.1 Å². The number of esters is 1. The van der Waals surface area contributed by atoms with Gasteiger partial charge in [-0.3, -0.25) is 9.79 Å². The van der Waals surface area contributed by atoms with Crippen molar-refractivity contribution in [1.29, 1.82) is 0 Å². The maximum Gasteiger partial charge on any atom is 0.416 e. The first-order chi connectivity index (χ1) is 9.34. The molecule has 2 rings (SSSR count). The van der Waals surface area contributed by atoms with Gasteiger partial charge in [-0.1, -0.05) is 12.2 Å². The Balaban J connectivity index is 2.40. The van der Waals surface area contributed by atoms with Crippen LogP contribution in [0.5, 0.6) is 0 Å². The number of halogens is 3. The molecule has 0 N–H and O–H groups in total. The molecule has 7 heteroatoms. The van der Waals surface area contributed by atoms with Crippen molar-refractivity contribution in [1.82, 2.24) is 0 Å². The van der Waals surface area contributed by atoms with E-state index in [-0.39, 0.29) is 17.0 Å². The highest BCUT2D eigenvalue weighted by molar-refractivity contribution is 7.81. The van der Waals surface area contributed by atoms with Crippen molar-refractivity contribution in [3.8, 4) is 0 Å². The standard InChI is InChI=1S/C13H10F3NO2S/c1-2-19-12(18)9-6-17-10-4-3-7(13(14,15)16)5-8(10)11(9)20/h3-6,9H,2H2,1H3. The lowest BCUT2D eigenvalue weighted by molar-refractivity contribution is -0.143. The van der Waals surface area contributed by atoms with Crippen molar-refractivity contribution in [3.63, 3.8) is 0 Å². The molecule has 1 unspecified atom stereocenters. The number of ether oxygens (including phenoxy) is 1. The Morgan fingerprint density at radius 2 is 2.15 bits per heavy atom. The number of carbonyl (C=O) groups excluding carboxylic acids is 1. The van der Waals surface area contributed by atoms with E-state index in [9.17, 15) is 18.0 Å². The van der Waals surface area contributed by atoms with Gasteiger partial charge in [0, 0.05) is 16.6 Å². The van der Waals surface area contributed by atoms with Crippen LogP contribution in [0.2, 0.25) is 0 Å².